The minimum Gasteiger partial charge on any atom is -0.455 e. The first kappa shape index (κ1) is 31.2. The SMILES string of the molecule is c1cc(-c2ccc(-c3cccc4c3oc3ccccc34)cc2)cc(-c2cccc(-c3cccc(-c4cnc5c6ccccc6c6ccccc6c5n4)c3)c2)c1. The minimum atomic E-state index is 0.860. The minimum absolute atomic E-state index is 0.860. The van der Waals surface area contributed by atoms with Crippen LogP contribution in [0.15, 0.2) is 199 Å². The van der Waals surface area contributed by atoms with E-state index in [1.807, 2.05) is 18.3 Å². The molecule has 256 valence electrons. The van der Waals surface area contributed by atoms with Crippen LogP contribution in [0.5, 0.6) is 0 Å². The van der Waals surface area contributed by atoms with Crippen LogP contribution in [0.4, 0.5) is 0 Å². The Kier molecular flexibility index (Phi) is 7.17. The number of furan rings is 1. The number of hydrogen-bond donors (Lipinski definition) is 0. The van der Waals surface area contributed by atoms with Gasteiger partial charge in [-0.15, -0.1) is 0 Å². The molecule has 3 heteroatoms. The number of nitrogens with zero attached hydrogens (tertiary/aromatic N) is 2. The highest BCUT2D eigenvalue weighted by atomic mass is 16.3. The first-order chi connectivity index (χ1) is 27.2. The van der Waals surface area contributed by atoms with Crippen LogP contribution in [0, 0.1) is 0 Å². The molecule has 0 saturated carbocycles. The van der Waals surface area contributed by atoms with Crippen molar-refractivity contribution in [2.24, 2.45) is 0 Å². The number of hydrogen-bond acceptors (Lipinski definition) is 3. The third-order valence-corrected chi connectivity index (χ3v) is 10.9. The Morgan fingerprint density at radius 3 is 1.45 bits per heavy atom. The first-order valence-electron chi connectivity index (χ1n) is 18.6. The van der Waals surface area contributed by atoms with Crippen LogP contribution in [-0.2, 0) is 0 Å². The number of fused-ring (bicyclic) bond motifs is 9. The molecule has 0 fully saturated rings. The molecule has 0 radical (unpaired) electrons. The van der Waals surface area contributed by atoms with E-state index in [2.05, 4.69) is 176 Å². The maximum atomic E-state index is 6.32. The van der Waals surface area contributed by atoms with Gasteiger partial charge in [-0.1, -0.05) is 164 Å². The molecule has 0 aliphatic rings. The molecule has 0 unspecified atom stereocenters. The lowest BCUT2D eigenvalue weighted by molar-refractivity contribution is 0.670. The fourth-order valence-electron chi connectivity index (χ4n) is 8.19. The van der Waals surface area contributed by atoms with Gasteiger partial charge in [0, 0.05) is 32.7 Å². The number of benzene rings is 9. The zero-order valence-electron chi connectivity index (χ0n) is 29.8. The van der Waals surface area contributed by atoms with Crippen LogP contribution in [0.25, 0.3) is 110 Å². The smallest absolute Gasteiger partial charge is 0.143 e. The molecule has 0 aliphatic carbocycles. The molecule has 55 heavy (non-hydrogen) atoms. The van der Waals surface area contributed by atoms with Crippen molar-refractivity contribution in [3.8, 4) is 55.8 Å². The van der Waals surface area contributed by atoms with Gasteiger partial charge in [0.05, 0.1) is 22.9 Å². The van der Waals surface area contributed by atoms with Gasteiger partial charge >= 0.3 is 0 Å². The number of para-hydroxylation sites is 2. The summed E-state index contributed by atoms with van der Waals surface area (Å²) in [6.45, 7) is 0. The lowest BCUT2D eigenvalue weighted by Crippen LogP contribution is -1.92. The van der Waals surface area contributed by atoms with Gasteiger partial charge in [0.1, 0.15) is 11.2 Å². The molecular weight excluding hydrogens is 669 g/mol. The summed E-state index contributed by atoms with van der Waals surface area (Å²) in [5.74, 6) is 0. The van der Waals surface area contributed by atoms with E-state index in [4.69, 9.17) is 14.4 Å². The largest absolute Gasteiger partial charge is 0.455 e. The highest BCUT2D eigenvalue weighted by molar-refractivity contribution is 6.23. The summed E-state index contributed by atoms with van der Waals surface area (Å²) < 4.78 is 6.32. The summed E-state index contributed by atoms with van der Waals surface area (Å²) in [6.07, 6.45) is 1.91. The quantitative estimate of drug-likeness (QED) is 0.168. The van der Waals surface area contributed by atoms with E-state index in [-0.39, 0.29) is 0 Å². The van der Waals surface area contributed by atoms with Crippen LogP contribution < -0.4 is 0 Å². The average molecular weight is 701 g/mol. The van der Waals surface area contributed by atoms with Crippen molar-refractivity contribution in [3.63, 3.8) is 0 Å². The Balaban J connectivity index is 0.910. The van der Waals surface area contributed by atoms with Crippen molar-refractivity contribution in [1.29, 1.82) is 0 Å². The molecule has 0 bridgehead atoms. The van der Waals surface area contributed by atoms with Crippen LogP contribution >= 0.6 is 0 Å². The Labute approximate surface area is 317 Å². The van der Waals surface area contributed by atoms with Gasteiger partial charge in [0.15, 0.2) is 0 Å². The number of aromatic nitrogens is 2. The van der Waals surface area contributed by atoms with Gasteiger partial charge in [-0.2, -0.15) is 0 Å². The zero-order valence-corrected chi connectivity index (χ0v) is 29.8. The fourth-order valence-corrected chi connectivity index (χ4v) is 8.19. The van der Waals surface area contributed by atoms with Crippen molar-refractivity contribution >= 4 is 54.5 Å². The lowest BCUT2D eigenvalue weighted by Gasteiger charge is -2.11. The van der Waals surface area contributed by atoms with Crippen molar-refractivity contribution < 1.29 is 4.42 Å². The molecule has 9 aromatic carbocycles. The molecule has 11 aromatic rings. The third-order valence-electron chi connectivity index (χ3n) is 10.9. The van der Waals surface area contributed by atoms with E-state index in [0.29, 0.717) is 0 Å². The highest BCUT2D eigenvalue weighted by Gasteiger charge is 2.14. The average Bonchev–Trinajstić information content (AvgIpc) is 3.66. The van der Waals surface area contributed by atoms with Crippen molar-refractivity contribution in [3.05, 3.63) is 194 Å². The molecule has 0 spiro atoms. The second-order valence-corrected chi connectivity index (χ2v) is 14.1. The number of rotatable bonds is 5. The standard InChI is InChI=1S/C52H32N2O/c1-3-20-45-42(17-1)43-18-2-4-21-46(43)51-50(45)53-32-48(54-51)40-16-9-15-39(31-40)38-14-8-13-37(30-38)36-12-7-11-35(29-36)33-25-27-34(28-26-33)41-22-10-23-47-44-19-5-6-24-49(44)55-52(41)47/h1-32H. The highest BCUT2D eigenvalue weighted by Crippen LogP contribution is 2.38. The molecule has 3 nitrogen and oxygen atoms in total. The second-order valence-electron chi connectivity index (χ2n) is 14.1. The summed E-state index contributed by atoms with van der Waals surface area (Å²) in [4.78, 5) is 10.2. The maximum Gasteiger partial charge on any atom is 0.143 e. The predicted molar refractivity (Wildman–Crippen MR) is 229 cm³/mol. The molecule has 0 saturated heterocycles. The molecule has 2 heterocycles. The van der Waals surface area contributed by atoms with E-state index in [1.54, 1.807) is 0 Å². The van der Waals surface area contributed by atoms with Gasteiger partial charge in [-0.3, -0.25) is 4.98 Å². The lowest BCUT2D eigenvalue weighted by atomic mass is 9.94. The Bertz CT molecular complexity index is 3230. The summed E-state index contributed by atoms with van der Waals surface area (Å²) in [5, 5.41) is 6.92. The fraction of sp³-hybridized carbons (Fsp3) is 0. The normalized spacial score (nSPS) is 11.6. The maximum absolute atomic E-state index is 6.32. The van der Waals surface area contributed by atoms with Crippen molar-refractivity contribution in [2.45, 2.75) is 0 Å². The van der Waals surface area contributed by atoms with Gasteiger partial charge in [0.25, 0.3) is 0 Å². The topological polar surface area (TPSA) is 38.9 Å². The van der Waals surface area contributed by atoms with Gasteiger partial charge in [-0.05, 0) is 74.0 Å². The van der Waals surface area contributed by atoms with Crippen LogP contribution in [0.1, 0.15) is 0 Å². The molecule has 0 N–H and O–H groups in total. The van der Waals surface area contributed by atoms with Crippen LogP contribution in [0.3, 0.4) is 0 Å². The second kappa shape index (κ2) is 12.6. The van der Waals surface area contributed by atoms with E-state index < -0.39 is 0 Å². The molecule has 0 amide bonds. The van der Waals surface area contributed by atoms with Crippen LogP contribution in [-0.4, -0.2) is 9.97 Å². The van der Waals surface area contributed by atoms with E-state index in [9.17, 15) is 0 Å². The summed E-state index contributed by atoms with van der Waals surface area (Å²) >= 11 is 0. The third kappa shape index (κ3) is 5.28. The van der Waals surface area contributed by atoms with Crippen molar-refractivity contribution in [2.75, 3.05) is 0 Å². The summed E-state index contributed by atoms with van der Waals surface area (Å²) in [7, 11) is 0. The molecule has 2 aromatic heterocycles. The molecule has 11 rings (SSSR count). The van der Waals surface area contributed by atoms with Crippen molar-refractivity contribution in [1.82, 2.24) is 9.97 Å². The van der Waals surface area contributed by atoms with Crippen LogP contribution in [0.2, 0.25) is 0 Å². The Morgan fingerprint density at radius 1 is 0.327 bits per heavy atom. The zero-order chi connectivity index (χ0) is 36.3. The van der Waals surface area contributed by atoms with Gasteiger partial charge in [-0.25, -0.2) is 4.98 Å². The molecule has 0 aliphatic heterocycles. The van der Waals surface area contributed by atoms with E-state index in [0.717, 1.165) is 77.3 Å². The molecular formula is C52H32N2O. The van der Waals surface area contributed by atoms with E-state index >= 15 is 0 Å². The Morgan fingerprint density at radius 2 is 0.800 bits per heavy atom. The van der Waals surface area contributed by atoms with Gasteiger partial charge in [0.2, 0.25) is 0 Å². The first-order valence-corrected chi connectivity index (χ1v) is 18.6. The molecule has 0 atom stereocenters. The Hall–Kier alpha value is -7.36. The summed E-state index contributed by atoms with van der Waals surface area (Å²) in [5.41, 5.74) is 14.8. The summed E-state index contributed by atoms with van der Waals surface area (Å²) in [6, 6.07) is 66.6. The monoisotopic (exact) mass is 700 g/mol. The predicted octanol–water partition coefficient (Wildman–Crippen LogP) is 14.2. The van der Waals surface area contributed by atoms with E-state index in [1.165, 1.54) is 33.0 Å². The van der Waals surface area contributed by atoms with Gasteiger partial charge < -0.3 is 4.42 Å².